The maximum absolute atomic E-state index is 14.1. The van der Waals surface area contributed by atoms with Crippen LogP contribution >= 0.6 is 0 Å². The first-order valence-corrected chi connectivity index (χ1v) is 8.00. The van der Waals surface area contributed by atoms with E-state index in [2.05, 4.69) is 10.0 Å². The van der Waals surface area contributed by atoms with Gasteiger partial charge in [0.1, 0.15) is 10.7 Å². The maximum Gasteiger partial charge on any atom is 0.243 e. The van der Waals surface area contributed by atoms with Crippen LogP contribution in [0.3, 0.4) is 0 Å². The third kappa shape index (κ3) is 4.99. The van der Waals surface area contributed by atoms with Crippen molar-refractivity contribution in [3.8, 4) is 0 Å². The molecule has 0 aliphatic heterocycles. The molecule has 0 amide bonds. The molecule has 0 bridgehead atoms. The van der Waals surface area contributed by atoms with Gasteiger partial charge in [0.15, 0.2) is 5.82 Å². The van der Waals surface area contributed by atoms with Crippen molar-refractivity contribution in [2.45, 2.75) is 31.4 Å². The quantitative estimate of drug-likeness (QED) is 0.710. The van der Waals surface area contributed by atoms with Crippen LogP contribution < -0.4 is 10.0 Å². The molecule has 120 valence electrons. The summed E-state index contributed by atoms with van der Waals surface area (Å²) in [6.07, 6.45) is -0.0284. The molecule has 21 heavy (non-hydrogen) atoms. The highest BCUT2D eigenvalue weighted by Crippen LogP contribution is 2.20. The Morgan fingerprint density at radius 2 is 1.95 bits per heavy atom. The van der Waals surface area contributed by atoms with E-state index >= 15 is 0 Å². The fourth-order valence-electron chi connectivity index (χ4n) is 1.67. The van der Waals surface area contributed by atoms with E-state index in [4.69, 9.17) is 4.74 Å². The van der Waals surface area contributed by atoms with Crippen molar-refractivity contribution in [2.24, 2.45) is 0 Å². The average Bonchev–Trinajstić information content (AvgIpc) is 2.39. The molecule has 5 nitrogen and oxygen atoms in total. The summed E-state index contributed by atoms with van der Waals surface area (Å²) in [7, 11) is -2.53. The number of hydrogen-bond donors (Lipinski definition) is 2. The number of halogens is 2. The summed E-state index contributed by atoms with van der Waals surface area (Å²) in [5.41, 5.74) is -0.307. The van der Waals surface area contributed by atoms with Gasteiger partial charge in [0.25, 0.3) is 0 Å². The van der Waals surface area contributed by atoms with Gasteiger partial charge in [-0.05, 0) is 33.0 Å². The van der Waals surface area contributed by atoms with Crippen LogP contribution in [0.4, 0.5) is 8.78 Å². The fourth-order valence-corrected chi connectivity index (χ4v) is 2.78. The molecule has 0 fully saturated rings. The van der Waals surface area contributed by atoms with Crippen molar-refractivity contribution in [3.05, 3.63) is 29.3 Å². The highest BCUT2D eigenvalue weighted by Gasteiger charge is 2.23. The van der Waals surface area contributed by atoms with Gasteiger partial charge < -0.3 is 10.1 Å². The summed E-state index contributed by atoms with van der Waals surface area (Å²) >= 11 is 0. The van der Waals surface area contributed by atoms with Gasteiger partial charge in [-0.15, -0.1) is 0 Å². The van der Waals surface area contributed by atoms with Crippen molar-refractivity contribution >= 4 is 10.0 Å². The number of benzene rings is 1. The van der Waals surface area contributed by atoms with Crippen LogP contribution in [-0.4, -0.2) is 34.7 Å². The van der Waals surface area contributed by atoms with E-state index in [1.807, 2.05) is 13.8 Å². The minimum Gasteiger partial charge on any atom is -0.377 e. The predicted octanol–water partition coefficient (Wildman–Crippen LogP) is 1.39. The van der Waals surface area contributed by atoms with Crippen LogP contribution in [0.1, 0.15) is 19.4 Å². The van der Waals surface area contributed by atoms with Gasteiger partial charge in [0, 0.05) is 18.7 Å². The Labute approximate surface area is 123 Å². The van der Waals surface area contributed by atoms with E-state index in [0.717, 1.165) is 12.1 Å². The zero-order valence-corrected chi connectivity index (χ0v) is 13.1. The third-order valence-corrected chi connectivity index (χ3v) is 4.12. The molecule has 1 aromatic rings. The summed E-state index contributed by atoms with van der Waals surface area (Å²) in [5.74, 6) is -1.87. The molecule has 0 radical (unpaired) electrons. The first-order valence-electron chi connectivity index (χ1n) is 6.52. The predicted molar refractivity (Wildman–Crippen MR) is 75.4 cm³/mol. The lowest BCUT2D eigenvalue weighted by atomic mass is 10.2. The first kappa shape index (κ1) is 18.0. The van der Waals surface area contributed by atoms with E-state index in [1.54, 1.807) is 0 Å². The van der Waals surface area contributed by atoms with Crippen LogP contribution in [0.25, 0.3) is 0 Å². The summed E-state index contributed by atoms with van der Waals surface area (Å²) in [6, 6.07) is 1.85. The Morgan fingerprint density at radius 1 is 1.29 bits per heavy atom. The molecular formula is C13H20F2N2O3S. The van der Waals surface area contributed by atoms with E-state index in [9.17, 15) is 17.2 Å². The largest absolute Gasteiger partial charge is 0.377 e. The van der Waals surface area contributed by atoms with Gasteiger partial charge >= 0.3 is 0 Å². The van der Waals surface area contributed by atoms with Crippen LogP contribution in [0, 0.1) is 11.6 Å². The zero-order valence-electron chi connectivity index (χ0n) is 12.2. The molecule has 0 spiro atoms. The topological polar surface area (TPSA) is 67.4 Å². The minimum atomic E-state index is -4.05. The van der Waals surface area contributed by atoms with Crippen molar-refractivity contribution < 1.29 is 21.9 Å². The lowest BCUT2D eigenvalue weighted by molar-refractivity contribution is 0.0833. The van der Waals surface area contributed by atoms with Gasteiger partial charge in [-0.2, -0.15) is 0 Å². The standard InChI is InChI=1S/C13H20F2N2O3S/c1-9(2)20-7-6-17-21(18,19)12-5-4-11(14)10(8-16-3)13(12)15/h4-5,9,16-17H,6-8H2,1-3H3. The molecular weight excluding hydrogens is 302 g/mol. The van der Waals surface area contributed by atoms with Crippen LogP contribution in [0.15, 0.2) is 17.0 Å². The van der Waals surface area contributed by atoms with Crippen LogP contribution in [-0.2, 0) is 21.3 Å². The number of sulfonamides is 1. The van der Waals surface area contributed by atoms with E-state index in [-0.39, 0.29) is 31.4 Å². The molecule has 2 N–H and O–H groups in total. The summed E-state index contributed by atoms with van der Waals surface area (Å²) in [5, 5.41) is 2.59. The SMILES string of the molecule is CNCc1c(F)ccc(S(=O)(=O)NCCOC(C)C)c1F. The molecule has 0 saturated heterocycles. The summed E-state index contributed by atoms with van der Waals surface area (Å²) < 4.78 is 59.1. The van der Waals surface area contributed by atoms with Crippen molar-refractivity contribution in [2.75, 3.05) is 20.2 Å². The minimum absolute atomic E-state index is 0.0126. The molecule has 0 saturated carbocycles. The average molecular weight is 322 g/mol. The van der Waals surface area contributed by atoms with Gasteiger partial charge in [-0.25, -0.2) is 21.9 Å². The monoisotopic (exact) mass is 322 g/mol. The van der Waals surface area contributed by atoms with Gasteiger partial charge in [0.05, 0.1) is 12.7 Å². The maximum atomic E-state index is 14.1. The van der Waals surface area contributed by atoms with Gasteiger partial charge in [-0.1, -0.05) is 0 Å². The molecule has 0 heterocycles. The van der Waals surface area contributed by atoms with Gasteiger partial charge in [0.2, 0.25) is 10.0 Å². The second-order valence-electron chi connectivity index (χ2n) is 4.69. The Kier molecular flexibility index (Phi) is 6.66. The zero-order chi connectivity index (χ0) is 16.0. The Hall–Kier alpha value is -1.09. The Bertz CT molecular complexity index is 577. The molecule has 0 atom stereocenters. The number of hydrogen-bond acceptors (Lipinski definition) is 4. The number of rotatable bonds is 8. The van der Waals surface area contributed by atoms with Gasteiger partial charge in [-0.3, -0.25) is 0 Å². The summed E-state index contributed by atoms with van der Waals surface area (Å²) in [4.78, 5) is -0.571. The van der Waals surface area contributed by atoms with Crippen molar-refractivity contribution in [1.29, 1.82) is 0 Å². The number of ether oxygens (including phenoxy) is 1. The molecule has 0 aliphatic rings. The third-order valence-electron chi connectivity index (χ3n) is 2.64. The number of nitrogens with one attached hydrogen (secondary N) is 2. The van der Waals surface area contributed by atoms with Crippen LogP contribution in [0.2, 0.25) is 0 Å². The van der Waals surface area contributed by atoms with Crippen molar-refractivity contribution in [3.63, 3.8) is 0 Å². The fraction of sp³-hybridized carbons (Fsp3) is 0.538. The van der Waals surface area contributed by atoms with Crippen molar-refractivity contribution in [1.82, 2.24) is 10.0 Å². The van der Waals surface area contributed by atoms with E-state index < -0.39 is 26.6 Å². The highest BCUT2D eigenvalue weighted by molar-refractivity contribution is 7.89. The van der Waals surface area contributed by atoms with Crippen LogP contribution in [0.5, 0.6) is 0 Å². The normalized spacial score (nSPS) is 12.1. The molecule has 0 aliphatic carbocycles. The first-order chi connectivity index (χ1) is 9.79. The summed E-state index contributed by atoms with van der Waals surface area (Å²) in [6.45, 7) is 3.72. The second-order valence-corrected chi connectivity index (χ2v) is 6.42. The molecule has 0 unspecified atom stereocenters. The van der Waals surface area contributed by atoms with E-state index in [0.29, 0.717) is 0 Å². The van der Waals surface area contributed by atoms with E-state index in [1.165, 1.54) is 7.05 Å². The molecule has 1 rings (SSSR count). The smallest absolute Gasteiger partial charge is 0.243 e. The second kappa shape index (κ2) is 7.79. The highest BCUT2D eigenvalue weighted by atomic mass is 32.2. The Morgan fingerprint density at radius 3 is 2.52 bits per heavy atom. The molecule has 1 aromatic carbocycles. The lowest BCUT2D eigenvalue weighted by Crippen LogP contribution is -2.29. The Balaban J connectivity index is 2.90. The molecule has 8 heteroatoms. The lowest BCUT2D eigenvalue weighted by Gasteiger charge is -2.12. The molecule has 0 aromatic heterocycles.